The van der Waals surface area contributed by atoms with E-state index in [1.54, 1.807) is 6.20 Å². The third-order valence-electron chi connectivity index (χ3n) is 4.87. The fraction of sp³-hybridized carbons (Fsp3) is 0.333. The van der Waals surface area contributed by atoms with E-state index in [4.69, 9.17) is 4.74 Å². The number of rotatable bonds is 6. The highest BCUT2D eigenvalue weighted by molar-refractivity contribution is 5.89. The molecular weight excluding hydrogens is 340 g/mol. The van der Waals surface area contributed by atoms with Gasteiger partial charge in [0.1, 0.15) is 0 Å². The summed E-state index contributed by atoms with van der Waals surface area (Å²) < 4.78 is 7.43. The molecule has 2 aromatic carbocycles. The van der Waals surface area contributed by atoms with Gasteiger partial charge in [-0.2, -0.15) is 5.10 Å². The Hall–Kier alpha value is -2.86. The van der Waals surface area contributed by atoms with Crippen LogP contribution in [0.2, 0.25) is 0 Å². The van der Waals surface area contributed by atoms with Crippen LogP contribution in [-0.2, 0) is 17.7 Å². The SMILES string of the molecule is O=C(NCCc1cccc2ccccc12)Nc1cnn(CC2CCCO2)c1. The molecule has 2 heterocycles. The molecule has 1 atom stereocenters. The van der Waals surface area contributed by atoms with E-state index in [9.17, 15) is 4.79 Å². The average Bonchev–Trinajstić information content (AvgIpc) is 3.34. The maximum Gasteiger partial charge on any atom is 0.319 e. The lowest BCUT2D eigenvalue weighted by atomic mass is 10.0. The van der Waals surface area contributed by atoms with Gasteiger partial charge >= 0.3 is 6.03 Å². The van der Waals surface area contributed by atoms with Gasteiger partial charge in [-0.1, -0.05) is 42.5 Å². The van der Waals surface area contributed by atoms with Gasteiger partial charge in [0.25, 0.3) is 0 Å². The molecule has 6 nitrogen and oxygen atoms in total. The molecule has 1 saturated heterocycles. The summed E-state index contributed by atoms with van der Waals surface area (Å²) in [6, 6.07) is 14.4. The highest BCUT2D eigenvalue weighted by Crippen LogP contribution is 2.18. The number of amides is 2. The molecule has 1 aliphatic heterocycles. The van der Waals surface area contributed by atoms with Crippen LogP contribution in [0.1, 0.15) is 18.4 Å². The van der Waals surface area contributed by atoms with E-state index < -0.39 is 0 Å². The molecule has 0 spiro atoms. The molecule has 3 aromatic rings. The van der Waals surface area contributed by atoms with E-state index >= 15 is 0 Å². The molecule has 0 bridgehead atoms. The number of aromatic nitrogens is 2. The normalized spacial score (nSPS) is 16.5. The number of nitrogens with one attached hydrogen (secondary N) is 2. The molecule has 140 valence electrons. The number of urea groups is 1. The van der Waals surface area contributed by atoms with Gasteiger partial charge in [-0.25, -0.2) is 4.79 Å². The van der Waals surface area contributed by atoms with Crippen molar-refractivity contribution in [1.29, 1.82) is 0 Å². The zero-order chi connectivity index (χ0) is 18.5. The second kappa shape index (κ2) is 8.22. The second-order valence-electron chi connectivity index (χ2n) is 6.86. The predicted molar refractivity (Wildman–Crippen MR) is 106 cm³/mol. The van der Waals surface area contributed by atoms with Gasteiger partial charge in [0.2, 0.25) is 0 Å². The van der Waals surface area contributed by atoms with Crippen molar-refractivity contribution in [3.05, 3.63) is 60.4 Å². The fourth-order valence-corrected chi connectivity index (χ4v) is 3.52. The molecule has 27 heavy (non-hydrogen) atoms. The third-order valence-corrected chi connectivity index (χ3v) is 4.87. The number of carbonyl (C=O) groups excluding carboxylic acids is 1. The van der Waals surface area contributed by atoms with Crippen molar-refractivity contribution in [3.8, 4) is 0 Å². The van der Waals surface area contributed by atoms with E-state index in [0.717, 1.165) is 32.4 Å². The number of carbonyl (C=O) groups is 1. The number of benzene rings is 2. The first-order valence-electron chi connectivity index (χ1n) is 9.43. The van der Waals surface area contributed by atoms with E-state index in [1.165, 1.54) is 16.3 Å². The van der Waals surface area contributed by atoms with Crippen LogP contribution in [0.4, 0.5) is 10.5 Å². The lowest BCUT2D eigenvalue weighted by Crippen LogP contribution is -2.30. The minimum absolute atomic E-state index is 0.216. The highest BCUT2D eigenvalue weighted by atomic mass is 16.5. The van der Waals surface area contributed by atoms with Crippen LogP contribution in [0.15, 0.2) is 54.9 Å². The quantitative estimate of drug-likeness (QED) is 0.702. The first-order chi connectivity index (χ1) is 13.3. The summed E-state index contributed by atoms with van der Waals surface area (Å²) in [6.07, 6.45) is 6.69. The molecule has 0 aliphatic carbocycles. The van der Waals surface area contributed by atoms with Crippen molar-refractivity contribution in [2.75, 3.05) is 18.5 Å². The van der Waals surface area contributed by atoms with Crippen LogP contribution < -0.4 is 10.6 Å². The zero-order valence-corrected chi connectivity index (χ0v) is 15.2. The highest BCUT2D eigenvalue weighted by Gasteiger charge is 2.16. The van der Waals surface area contributed by atoms with Gasteiger partial charge < -0.3 is 15.4 Å². The predicted octanol–water partition coefficient (Wildman–Crippen LogP) is 3.58. The molecule has 1 unspecified atom stereocenters. The van der Waals surface area contributed by atoms with Gasteiger partial charge in [-0.15, -0.1) is 0 Å². The Bertz CT molecular complexity index is 910. The van der Waals surface area contributed by atoms with Gasteiger partial charge in [0, 0.05) is 19.3 Å². The van der Waals surface area contributed by atoms with Crippen LogP contribution in [0.5, 0.6) is 0 Å². The van der Waals surface area contributed by atoms with E-state index in [1.807, 2.05) is 23.0 Å². The largest absolute Gasteiger partial charge is 0.376 e. The Morgan fingerprint density at radius 3 is 3.00 bits per heavy atom. The van der Waals surface area contributed by atoms with Crippen molar-refractivity contribution < 1.29 is 9.53 Å². The van der Waals surface area contributed by atoms with Crippen molar-refractivity contribution in [1.82, 2.24) is 15.1 Å². The fourth-order valence-electron chi connectivity index (χ4n) is 3.52. The summed E-state index contributed by atoms with van der Waals surface area (Å²) in [5, 5.41) is 12.5. The van der Waals surface area contributed by atoms with Crippen LogP contribution in [-0.4, -0.2) is 35.1 Å². The number of hydrogen-bond acceptors (Lipinski definition) is 3. The van der Waals surface area contributed by atoms with Gasteiger partial charge in [-0.3, -0.25) is 4.68 Å². The Labute approximate surface area is 158 Å². The van der Waals surface area contributed by atoms with Gasteiger partial charge in [0.05, 0.1) is 24.5 Å². The Morgan fingerprint density at radius 2 is 2.11 bits per heavy atom. The standard InChI is InChI=1S/C21H24N4O2/c26-21(24-18-13-23-25(14-18)15-19-8-4-12-27-19)22-11-10-17-7-3-6-16-5-1-2-9-20(16)17/h1-3,5-7,9,13-14,19H,4,8,10-12,15H2,(H2,22,24,26). The summed E-state index contributed by atoms with van der Waals surface area (Å²) in [7, 11) is 0. The lowest BCUT2D eigenvalue weighted by molar-refractivity contribution is 0.0940. The third kappa shape index (κ3) is 4.46. The maximum atomic E-state index is 12.1. The molecule has 2 amide bonds. The number of anilines is 1. The Morgan fingerprint density at radius 1 is 1.22 bits per heavy atom. The second-order valence-corrected chi connectivity index (χ2v) is 6.86. The minimum Gasteiger partial charge on any atom is -0.376 e. The van der Waals surface area contributed by atoms with Crippen LogP contribution in [0.3, 0.4) is 0 Å². The number of nitrogens with zero attached hydrogens (tertiary/aromatic N) is 2. The summed E-state index contributed by atoms with van der Waals surface area (Å²) in [5.41, 5.74) is 1.92. The van der Waals surface area contributed by atoms with Crippen LogP contribution in [0, 0.1) is 0 Å². The topological polar surface area (TPSA) is 68.2 Å². The molecule has 6 heteroatoms. The van der Waals surface area contributed by atoms with Gasteiger partial charge in [-0.05, 0) is 35.6 Å². The smallest absolute Gasteiger partial charge is 0.319 e. The maximum absolute atomic E-state index is 12.1. The number of hydrogen-bond donors (Lipinski definition) is 2. The first-order valence-corrected chi connectivity index (χ1v) is 9.43. The summed E-state index contributed by atoms with van der Waals surface area (Å²) in [4.78, 5) is 12.1. The van der Waals surface area contributed by atoms with Gasteiger partial charge in [0.15, 0.2) is 0 Å². The molecule has 1 fully saturated rings. The molecular formula is C21H24N4O2. The monoisotopic (exact) mass is 364 g/mol. The molecule has 0 radical (unpaired) electrons. The van der Waals surface area contributed by atoms with Crippen molar-refractivity contribution >= 4 is 22.5 Å². The molecule has 2 N–H and O–H groups in total. The van der Waals surface area contributed by atoms with Crippen molar-refractivity contribution in [2.45, 2.75) is 31.9 Å². The Kier molecular flexibility index (Phi) is 5.34. The van der Waals surface area contributed by atoms with E-state index in [0.29, 0.717) is 12.2 Å². The van der Waals surface area contributed by atoms with Crippen molar-refractivity contribution in [2.24, 2.45) is 0 Å². The Balaban J connectivity index is 1.26. The number of fused-ring (bicyclic) bond motifs is 1. The van der Waals surface area contributed by atoms with Crippen LogP contribution >= 0.6 is 0 Å². The first kappa shape index (κ1) is 17.5. The molecule has 1 aliphatic rings. The van der Waals surface area contributed by atoms with Crippen molar-refractivity contribution in [3.63, 3.8) is 0 Å². The summed E-state index contributed by atoms with van der Waals surface area (Å²) in [6.45, 7) is 2.13. The molecule has 4 rings (SSSR count). The van der Waals surface area contributed by atoms with Crippen LogP contribution in [0.25, 0.3) is 10.8 Å². The minimum atomic E-state index is -0.216. The zero-order valence-electron chi connectivity index (χ0n) is 15.2. The van der Waals surface area contributed by atoms with E-state index in [2.05, 4.69) is 46.1 Å². The lowest BCUT2D eigenvalue weighted by Gasteiger charge is -2.09. The molecule has 0 saturated carbocycles. The molecule has 1 aromatic heterocycles. The summed E-state index contributed by atoms with van der Waals surface area (Å²) in [5.74, 6) is 0. The summed E-state index contributed by atoms with van der Waals surface area (Å²) >= 11 is 0. The number of ether oxygens (including phenoxy) is 1. The average molecular weight is 364 g/mol. The van der Waals surface area contributed by atoms with E-state index in [-0.39, 0.29) is 12.1 Å².